The van der Waals surface area contributed by atoms with E-state index in [0.717, 1.165) is 50.9 Å². The molecule has 0 radical (unpaired) electrons. The third kappa shape index (κ3) is 2.29. The highest BCUT2D eigenvalue weighted by molar-refractivity contribution is 5.12. The number of rotatable bonds is 2. The fraction of sp³-hybridized carbons (Fsp3) is 0.933. The molecule has 0 aromatic heterocycles. The first-order valence-corrected chi connectivity index (χ1v) is 7.58. The van der Waals surface area contributed by atoms with Crippen LogP contribution in [-0.2, 0) is 0 Å². The molecule has 0 aromatic carbocycles. The summed E-state index contributed by atoms with van der Waals surface area (Å²) in [5, 5.41) is 9.77. The first-order valence-electron chi connectivity index (χ1n) is 7.58. The maximum Gasteiger partial charge on any atom is 0.109 e. The van der Waals surface area contributed by atoms with Gasteiger partial charge >= 0.3 is 0 Å². The maximum absolute atomic E-state index is 9.77. The minimum atomic E-state index is -0.118. The molecule has 3 nitrogen and oxygen atoms in total. The van der Waals surface area contributed by atoms with Gasteiger partial charge in [-0.15, -0.1) is 0 Å². The fourth-order valence-electron chi connectivity index (χ4n) is 3.96. The highest BCUT2D eigenvalue weighted by Crippen LogP contribution is 2.48. The van der Waals surface area contributed by atoms with E-state index in [9.17, 15) is 5.26 Å². The van der Waals surface area contributed by atoms with E-state index in [-0.39, 0.29) is 5.54 Å². The Bertz CT molecular complexity index is 336. The second kappa shape index (κ2) is 4.83. The zero-order valence-corrected chi connectivity index (χ0v) is 11.6. The molecule has 3 fully saturated rings. The van der Waals surface area contributed by atoms with Crippen molar-refractivity contribution in [3.05, 3.63) is 0 Å². The minimum absolute atomic E-state index is 0.118. The first kappa shape index (κ1) is 12.4. The zero-order valence-electron chi connectivity index (χ0n) is 11.6. The van der Waals surface area contributed by atoms with Crippen LogP contribution in [0.2, 0.25) is 0 Å². The number of nitriles is 1. The highest BCUT2D eigenvalue weighted by atomic mass is 15.3. The largest absolute Gasteiger partial charge is 0.304 e. The fourth-order valence-corrected chi connectivity index (χ4v) is 3.96. The predicted molar refractivity (Wildman–Crippen MR) is 72.1 cm³/mol. The quantitative estimate of drug-likeness (QED) is 0.748. The molecule has 18 heavy (non-hydrogen) atoms. The molecule has 0 N–H and O–H groups in total. The molecule has 3 aliphatic rings. The minimum Gasteiger partial charge on any atom is -0.304 e. The molecule has 0 bridgehead atoms. The Morgan fingerprint density at radius 2 is 1.78 bits per heavy atom. The number of hydrogen-bond donors (Lipinski definition) is 0. The second-order valence-electron chi connectivity index (χ2n) is 6.63. The van der Waals surface area contributed by atoms with Gasteiger partial charge in [0.05, 0.1) is 6.07 Å². The summed E-state index contributed by atoms with van der Waals surface area (Å²) in [6, 6.07) is 2.72. The van der Waals surface area contributed by atoms with Crippen molar-refractivity contribution in [1.82, 2.24) is 9.80 Å². The monoisotopic (exact) mass is 247 g/mol. The SMILES string of the molecule is CN1CCN(C2(C#N)CCCC(C3CC3)C2)CC1. The van der Waals surface area contributed by atoms with E-state index in [0.29, 0.717) is 0 Å². The topological polar surface area (TPSA) is 30.3 Å². The smallest absolute Gasteiger partial charge is 0.109 e. The van der Waals surface area contributed by atoms with Crippen molar-refractivity contribution >= 4 is 0 Å². The molecule has 2 saturated carbocycles. The van der Waals surface area contributed by atoms with Gasteiger partial charge in [-0.25, -0.2) is 0 Å². The molecule has 3 rings (SSSR count). The van der Waals surface area contributed by atoms with Crippen LogP contribution in [0.4, 0.5) is 0 Å². The Morgan fingerprint density at radius 3 is 2.39 bits per heavy atom. The van der Waals surface area contributed by atoms with E-state index in [1.807, 2.05) is 0 Å². The number of piperazine rings is 1. The van der Waals surface area contributed by atoms with Crippen LogP contribution in [0, 0.1) is 23.2 Å². The van der Waals surface area contributed by atoms with E-state index in [1.165, 1.54) is 25.7 Å². The number of likely N-dealkylation sites (N-methyl/N-ethyl adjacent to an activating group) is 1. The summed E-state index contributed by atoms with van der Waals surface area (Å²) in [7, 11) is 2.18. The molecular weight excluding hydrogens is 222 g/mol. The summed E-state index contributed by atoms with van der Waals surface area (Å²) in [4.78, 5) is 4.88. The normalized spacial score (nSPS) is 39.4. The Kier molecular flexibility index (Phi) is 3.34. The Morgan fingerprint density at radius 1 is 1.06 bits per heavy atom. The molecule has 0 spiro atoms. The van der Waals surface area contributed by atoms with Crippen LogP contribution in [-0.4, -0.2) is 48.6 Å². The van der Waals surface area contributed by atoms with Crippen LogP contribution in [0.25, 0.3) is 0 Å². The Hall–Kier alpha value is -0.590. The summed E-state index contributed by atoms with van der Waals surface area (Å²) in [5.41, 5.74) is -0.118. The lowest BCUT2D eigenvalue weighted by Crippen LogP contribution is -2.57. The van der Waals surface area contributed by atoms with Gasteiger partial charge in [0.1, 0.15) is 5.54 Å². The molecule has 2 aliphatic carbocycles. The maximum atomic E-state index is 9.77. The van der Waals surface area contributed by atoms with Crippen LogP contribution < -0.4 is 0 Å². The molecule has 3 heteroatoms. The summed E-state index contributed by atoms with van der Waals surface area (Å²) in [5.74, 6) is 1.81. The van der Waals surface area contributed by atoms with Gasteiger partial charge in [-0.1, -0.05) is 6.42 Å². The Labute approximate surface area is 111 Å². The number of hydrogen-bond acceptors (Lipinski definition) is 3. The van der Waals surface area contributed by atoms with Crippen LogP contribution in [0.5, 0.6) is 0 Å². The van der Waals surface area contributed by atoms with Crippen LogP contribution in [0.1, 0.15) is 38.5 Å². The van der Waals surface area contributed by atoms with Crippen LogP contribution in [0.3, 0.4) is 0 Å². The average Bonchev–Trinajstić information content (AvgIpc) is 3.24. The van der Waals surface area contributed by atoms with Gasteiger partial charge < -0.3 is 4.90 Å². The highest BCUT2D eigenvalue weighted by Gasteiger charge is 2.45. The van der Waals surface area contributed by atoms with Gasteiger partial charge in [-0.05, 0) is 51.0 Å². The molecule has 2 atom stereocenters. The van der Waals surface area contributed by atoms with Gasteiger partial charge in [-0.2, -0.15) is 5.26 Å². The lowest BCUT2D eigenvalue weighted by atomic mass is 9.73. The third-order valence-corrected chi connectivity index (χ3v) is 5.37. The first-order chi connectivity index (χ1) is 8.73. The third-order valence-electron chi connectivity index (χ3n) is 5.37. The Balaban J connectivity index is 1.70. The van der Waals surface area contributed by atoms with E-state index in [1.54, 1.807) is 0 Å². The molecule has 1 saturated heterocycles. The molecule has 2 unspecified atom stereocenters. The molecule has 0 amide bonds. The van der Waals surface area contributed by atoms with Crippen molar-refractivity contribution in [2.45, 2.75) is 44.1 Å². The van der Waals surface area contributed by atoms with Crippen molar-refractivity contribution in [2.75, 3.05) is 33.2 Å². The van der Waals surface area contributed by atoms with Gasteiger partial charge in [0.15, 0.2) is 0 Å². The van der Waals surface area contributed by atoms with Gasteiger partial charge in [0, 0.05) is 26.2 Å². The van der Waals surface area contributed by atoms with Crippen LogP contribution >= 0.6 is 0 Å². The zero-order chi connectivity index (χ0) is 12.6. The van der Waals surface area contributed by atoms with E-state index in [4.69, 9.17) is 0 Å². The number of nitrogens with zero attached hydrogens (tertiary/aromatic N) is 3. The lowest BCUT2D eigenvalue weighted by Gasteiger charge is -2.47. The second-order valence-corrected chi connectivity index (χ2v) is 6.63. The van der Waals surface area contributed by atoms with Gasteiger partial charge in [-0.3, -0.25) is 4.90 Å². The standard InChI is InChI=1S/C15H25N3/c1-17-7-9-18(10-8-17)15(12-16)6-2-3-14(11-15)13-4-5-13/h13-14H,2-11H2,1H3. The average molecular weight is 247 g/mol. The molecule has 1 heterocycles. The summed E-state index contributed by atoms with van der Waals surface area (Å²) in [6.45, 7) is 4.41. The summed E-state index contributed by atoms with van der Waals surface area (Å²) < 4.78 is 0. The van der Waals surface area contributed by atoms with Crippen molar-refractivity contribution in [3.63, 3.8) is 0 Å². The van der Waals surface area contributed by atoms with Crippen molar-refractivity contribution < 1.29 is 0 Å². The van der Waals surface area contributed by atoms with Gasteiger partial charge in [0.25, 0.3) is 0 Å². The molecular formula is C15H25N3. The van der Waals surface area contributed by atoms with E-state index >= 15 is 0 Å². The van der Waals surface area contributed by atoms with Gasteiger partial charge in [0.2, 0.25) is 0 Å². The van der Waals surface area contributed by atoms with E-state index in [2.05, 4.69) is 22.9 Å². The molecule has 1 aliphatic heterocycles. The van der Waals surface area contributed by atoms with Crippen LogP contribution in [0.15, 0.2) is 0 Å². The van der Waals surface area contributed by atoms with Crippen molar-refractivity contribution in [1.29, 1.82) is 5.26 Å². The molecule has 0 aromatic rings. The summed E-state index contributed by atoms with van der Waals surface area (Å²) in [6.07, 6.45) is 7.75. The lowest BCUT2D eigenvalue weighted by molar-refractivity contribution is 0.0311. The van der Waals surface area contributed by atoms with E-state index < -0.39 is 0 Å². The van der Waals surface area contributed by atoms with Crippen molar-refractivity contribution in [3.8, 4) is 6.07 Å². The van der Waals surface area contributed by atoms with Crippen molar-refractivity contribution in [2.24, 2.45) is 11.8 Å². The molecule has 100 valence electrons. The summed E-state index contributed by atoms with van der Waals surface area (Å²) >= 11 is 0. The predicted octanol–water partition coefficient (Wildman–Crippen LogP) is 2.10.